The van der Waals surface area contributed by atoms with Crippen molar-refractivity contribution < 1.29 is 96.0 Å². The number of benzene rings is 4. The van der Waals surface area contributed by atoms with Gasteiger partial charge in [-0.15, -0.1) is 0 Å². The number of aromatic nitrogens is 8. The molecule has 3 aromatic heterocycles. The predicted octanol–water partition coefficient (Wildman–Crippen LogP) is 4.45. The van der Waals surface area contributed by atoms with Crippen molar-refractivity contribution in [2.45, 2.75) is 0 Å². The summed E-state index contributed by atoms with van der Waals surface area (Å²) in [6.07, 6.45) is 0. The fourth-order valence-electron chi connectivity index (χ4n) is 7.92. The largest absolute Gasteiger partial charge is 0.478 e. The van der Waals surface area contributed by atoms with Gasteiger partial charge in [0.25, 0.3) is 0 Å². The number of fused-ring (bicyclic) bond motifs is 20. The van der Waals surface area contributed by atoms with Crippen molar-refractivity contribution in [1.82, 2.24) is 39.9 Å². The average molecular weight is 926 g/mol. The van der Waals surface area contributed by atoms with Crippen molar-refractivity contribution in [1.29, 1.82) is 0 Å². The molecule has 65 heavy (non-hydrogen) atoms. The summed E-state index contributed by atoms with van der Waals surface area (Å²) in [7, 11) is 0. The van der Waals surface area contributed by atoms with Crippen LogP contribution in [0, 0.1) is 0 Å². The molecule has 1 radical (unpaired) electrons. The molecule has 4 aromatic carbocycles. The minimum atomic E-state index is -2.24. The van der Waals surface area contributed by atoms with Crippen LogP contribution in [0.1, 0.15) is 82.9 Å². The van der Waals surface area contributed by atoms with E-state index in [-0.39, 0.29) is 50.7 Å². The molecular weight excluding hydrogens is 907 g/mol. The van der Waals surface area contributed by atoms with Gasteiger partial charge in [-0.3, -0.25) is 0 Å². The summed E-state index contributed by atoms with van der Waals surface area (Å²) >= 11 is 0. The van der Waals surface area contributed by atoms with Crippen LogP contribution < -0.4 is 0 Å². The molecule has 0 atom stereocenters. The maximum Gasteiger partial charge on any atom is 0.337 e. The Morgan fingerprint density at radius 1 is 0.338 bits per heavy atom. The molecule has 0 amide bonds. The van der Waals surface area contributed by atoms with Gasteiger partial charge in [0.05, 0.1) is 44.5 Å². The zero-order valence-corrected chi connectivity index (χ0v) is 32.5. The monoisotopic (exact) mass is 925 g/mol. The Hall–Kier alpha value is -9.49. The van der Waals surface area contributed by atoms with E-state index in [1.54, 1.807) is 42.5 Å². The van der Waals surface area contributed by atoms with Crippen LogP contribution in [0.15, 0.2) is 48.5 Å². The van der Waals surface area contributed by atoms with Crippen LogP contribution in [0.25, 0.3) is 89.7 Å². The van der Waals surface area contributed by atoms with Crippen molar-refractivity contribution in [2.24, 2.45) is 0 Å². The molecule has 2 aliphatic rings. The number of nitrogens with one attached hydrogen (secondary N) is 2. The molecule has 24 nitrogen and oxygen atoms in total. The van der Waals surface area contributed by atoms with Crippen molar-refractivity contribution in [3.63, 3.8) is 0 Å². The van der Waals surface area contributed by atoms with Crippen molar-refractivity contribution in [3.8, 4) is 45.6 Å². The van der Waals surface area contributed by atoms with Crippen LogP contribution in [0.4, 0.5) is 0 Å². The molecule has 0 saturated heterocycles. The molecule has 25 heteroatoms. The summed E-state index contributed by atoms with van der Waals surface area (Å²) < 4.78 is 0. The first-order valence-corrected chi connectivity index (χ1v) is 17.8. The van der Waals surface area contributed by atoms with Crippen molar-refractivity contribution in [3.05, 3.63) is 93.0 Å². The van der Waals surface area contributed by atoms with Gasteiger partial charge in [-0.1, -0.05) is 48.5 Å². The summed E-state index contributed by atoms with van der Waals surface area (Å²) in [5.74, 6) is -19.5. The summed E-state index contributed by atoms with van der Waals surface area (Å²) in [6.45, 7) is 0. The van der Waals surface area contributed by atoms with Gasteiger partial charge in [0.1, 0.15) is 22.6 Å². The normalized spacial score (nSPS) is 11.3. The molecule has 2 aliphatic heterocycles. The molecule has 0 spiro atoms. The zero-order valence-electron chi connectivity index (χ0n) is 31.5. The van der Waals surface area contributed by atoms with Crippen LogP contribution in [0.2, 0.25) is 0 Å². The number of nitrogens with zero attached hydrogens (tertiary/aromatic N) is 6. The molecule has 5 heterocycles. The van der Waals surface area contributed by atoms with E-state index in [9.17, 15) is 79.2 Å². The number of rotatable bonds is 8. The van der Waals surface area contributed by atoms with Gasteiger partial charge >= 0.3 is 47.8 Å². The van der Waals surface area contributed by atoms with Crippen molar-refractivity contribution >= 4 is 91.9 Å². The van der Waals surface area contributed by atoms with Gasteiger partial charge in [0.2, 0.25) is 0 Å². The molecular formula is C40H18CoN8O16. The van der Waals surface area contributed by atoms with Gasteiger partial charge in [-0.05, 0) is 0 Å². The third kappa shape index (κ3) is 6.13. The first kappa shape index (κ1) is 42.2. The van der Waals surface area contributed by atoms with Gasteiger partial charge in [-0.25, -0.2) is 68.3 Å². The quantitative estimate of drug-likeness (QED) is 0.101. The fourth-order valence-corrected chi connectivity index (χ4v) is 7.92. The molecule has 10 N–H and O–H groups in total. The average Bonchev–Trinajstić information content (AvgIpc) is 3.97. The Balaban J connectivity index is 0.00000576. The number of aromatic amines is 2. The van der Waals surface area contributed by atoms with Crippen LogP contribution >= 0.6 is 0 Å². The number of H-pyrrole nitrogens is 2. The van der Waals surface area contributed by atoms with E-state index in [4.69, 9.17) is 0 Å². The Bertz CT molecular complexity index is 3670. The molecule has 9 rings (SSSR count). The Labute approximate surface area is 365 Å². The smallest absolute Gasteiger partial charge is 0.337 e. The third-order valence-corrected chi connectivity index (χ3v) is 10.2. The van der Waals surface area contributed by atoms with Gasteiger partial charge in [0.15, 0.2) is 23.3 Å². The van der Waals surface area contributed by atoms with E-state index in [0.717, 1.165) is 0 Å². The molecule has 0 aliphatic carbocycles. The summed E-state index contributed by atoms with van der Waals surface area (Å²) in [6, 6.07) is 12.7. The van der Waals surface area contributed by atoms with E-state index in [2.05, 4.69) is 39.9 Å². The second kappa shape index (κ2) is 14.9. The number of aromatic carboxylic acids is 8. The summed E-state index contributed by atoms with van der Waals surface area (Å²) in [4.78, 5) is 136. The number of hydrogen-bond donors (Lipinski definition) is 10. The number of carboxylic acids is 8. The molecule has 0 saturated carbocycles. The topological polar surface area (TPSA) is 407 Å². The summed E-state index contributed by atoms with van der Waals surface area (Å²) in [5.41, 5.74) is -14.6. The van der Waals surface area contributed by atoms with Gasteiger partial charge in [-0.2, -0.15) is 0 Å². The fraction of sp³-hybridized carbons (Fsp3) is 0. The Kier molecular flexibility index (Phi) is 9.64. The second-order valence-corrected chi connectivity index (χ2v) is 13.6. The number of hydrogen-bond acceptors (Lipinski definition) is 14. The molecule has 7 aromatic rings. The van der Waals surface area contributed by atoms with Crippen LogP contribution in [-0.2, 0) is 16.8 Å². The van der Waals surface area contributed by atoms with E-state index in [0.29, 0.717) is 10.9 Å². The zero-order chi connectivity index (χ0) is 45.8. The van der Waals surface area contributed by atoms with E-state index < -0.39 is 137 Å². The Morgan fingerprint density at radius 2 is 0.615 bits per heavy atom. The first-order valence-electron chi connectivity index (χ1n) is 17.8. The van der Waals surface area contributed by atoms with E-state index in [1.807, 2.05) is 0 Å². The minimum Gasteiger partial charge on any atom is -0.478 e. The minimum absolute atomic E-state index is 0. The van der Waals surface area contributed by atoms with E-state index >= 15 is 0 Å². The maximum atomic E-state index is 13.1. The molecule has 323 valence electrons. The number of carboxylic acid groups (broad SMARTS) is 8. The third-order valence-electron chi connectivity index (χ3n) is 10.2. The molecule has 0 fully saturated rings. The van der Waals surface area contributed by atoms with Crippen LogP contribution in [0.5, 0.6) is 0 Å². The predicted molar refractivity (Wildman–Crippen MR) is 212 cm³/mol. The van der Waals surface area contributed by atoms with Crippen molar-refractivity contribution in [2.75, 3.05) is 0 Å². The van der Waals surface area contributed by atoms with Gasteiger partial charge < -0.3 is 50.8 Å². The SMILES string of the molecule is O=C(O)c1c(C(=O)O)c(C(=O)O)c2c(c1C(=O)O)-c1nc-2nc2[nH]c(nc3nc(nc4[nH]c(n1)c1ccccc41)-c1ccccc1-3)c1c(C(=O)O)c(C(=O)O)c(C(=O)O)c(C(=O)O)c21.[Co]. The number of carbonyl (C=O) groups is 8. The van der Waals surface area contributed by atoms with Crippen LogP contribution in [-0.4, -0.2) is 128 Å². The molecule has 8 bridgehead atoms. The van der Waals surface area contributed by atoms with Gasteiger partial charge in [0, 0.05) is 60.6 Å². The molecule has 0 unspecified atom stereocenters. The summed E-state index contributed by atoms with van der Waals surface area (Å²) in [5, 5.41) is 82.1. The second-order valence-electron chi connectivity index (χ2n) is 13.6. The van der Waals surface area contributed by atoms with E-state index in [1.165, 1.54) is 6.07 Å². The standard InChI is InChI=1S/C40H18N8O16.Co/c49-33(50)17-13-15(19(35(53)54)23(39(61)62)21(17)37(57)58)31-46-29(13)44-27-11-7-3-1-5-9(11)25(42-27)41-26-10-6-2-4-8-12(10)28(43-26)45-30-14-16(32(47-30)48-31)20(36(55)56)24(40(63)64)22(38(59)60)18(14)34(51)52;/h1-8H,(H,49,50)(H,51,52)(H,53,54)(H,55,56)(H,57,58)(H,59,60)(H,61,62)(H,63,64)(H2,41,42,43,44,45,46,47,48);. The first-order chi connectivity index (χ1) is 30.4. The Morgan fingerprint density at radius 3 is 0.985 bits per heavy atom. The van der Waals surface area contributed by atoms with Crippen LogP contribution in [0.3, 0.4) is 0 Å². The maximum absolute atomic E-state index is 13.1.